The number of aliphatic hydroxyl groups is 1. The van der Waals surface area contributed by atoms with Crippen LogP contribution in [-0.4, -0.2) is 16.0 Å². The van der Waals surface area contributed by atoms with E-state index < -0.39 is 6.10 Å². The molecule has 1 atom stereocenters. The monoisotopic (exact) mass is 317 g/mol. The van der Waals surface area contributed by atoms with E-state index in [9.17, 15) is 15.2 Å². The molecule has 5 nitrogen and oxygen atoms in total. The molecule has 0 aliphatic rings. The third-order valence-electron chi connectivity index (χ3n) is 3.75. The van der Waals surface area contributed by atoms with Gasteiger partial charge in [-0.2, -0.15) is 5.26 Å². The SMILES string of the molecule is CC(=O)Nc1ccc(C(O)c2ncc(C#N)c3ccccc23)cc1. The Morgan fingerprint density at radius 3 is 2.46 bits per heavy atom. The zero-order valence-electron chi connectivity index (χ0n) is 13.0. The zero-order valence-corrected chi connectivity index (χ0v) is 13.0. The van der Waals surface area contributed by atoms with Crippen LogP contribution < -0.4 is 5.32 Å². The summed E-state index contributed by atoms with van der Waals surface area (Å²) in [6.45, 7) is 1.44. The molecule has 1 aromatic heterocycles. The average molecular weight is 317 g/mol. The van der Waals surface area contributed by atoms with Crippen LogP contribution in [0.25, 0.3) is 10.8 Å². The van der Waals surface area contributed by atoms with E-state index in [0.717, 1.165) is 10.8 Å². The predicted octanol–water partition coefficient (Wildman–Crippen LogP) is 3.15. The number of aromatic nitrogens is 1. The Morgan fingerprint density at radius 1 is 1.17 bits per heavy atom. The standard InChI is InChI=1S/C19H15N3O2/c1-12(23)22-15-8-6-13(7-9-15)19(24)18-17-5-3-2-4-16(17)14(10-20)11-21-18/h2-9,11,19,24H,1H3,(H,22,23). The molecule has 2 N–H and O–H groups in total. The third kappa shape index (κ3) is 2.96. The lowest BCUT2D eigenvalue weighted by Gasteiger charge is -2.14. The van der Waals surface area contributed by atoms with E-state index in [0.29, 0.717) is 22.5 Å². The second-order valence-electron chi connectivity index (χ2n) is 5.42. The van der Waals surface area contributed by atoms with E-state index in [2.05, 4.69) is 16.4 Å². The van der Waals surface area contributed by atoms with Gasteiger partial charge in [0.15, 0.2) is 0 Å². The molecule has 0 aliphatic carbocycles. The summed E-state index contributed by atoms with van der Waals surface area (Å²) in [7, 11) is 0. The lowest BCUT2D eigenvalue weighted by Crippen LogP contribution is -2.07. The molecule has 0 spiro atoms. The molecule has 0 fully saturated rings. The second kappa shape index (κ2) is 6.49. The number of rotatable bonds is 3. The molecule has 1 heterocycles. The van der Waals surface area contributed by atoms with Crippen LogP contribution in [0.4, 0.5) is 5.69 Å². The van der Waals surface area contributed by atoms with Gasteiger partial charge in [0.05, 0.1) is 11.3 Å². The molecule has 0 radical (unpaired) electrons. The zero-order chi connectivity index (χ0) is 17.1. The van der Waals surface area contributed by atoms with Crippen LogP contribution in [-0.2, 0) is 4.79 Å². The lowest BCUT2D eigenvalue weighted by atomic mass is 9.99. The van der Waals surface area contributed by atoms with Crippen LogP contribution >= 0.6 is 0 Å². The van der Waals surface area contributed by atoms with Gasteiger partial charge in [-0.1, -0.05) is 36.4 Å². The Hall–Kier alpha value is -3.23. The third-order valence-corrected chi connectivity index (χ3v) is 3.75. The summed E-state index contributed by atoms with van der Waals surface area (Å²) in [5.41, 5.74) is 2.29. The second-order valence-corrected chi connectivity index (χ2v) is 5.42. The first kappa shape index (κ1) is 15.7. The van der Waals surface area contributed by atoms with E-state index in [1.807, 2.05) is 24.3 Å². The summed E-state index contributed by atoms with van der Waals surface area (Å²) in [6.07, 6.45) is 0.557. The number of fused-ring (bicyclic) bond motifs is 1. The van der Waals surface area contributed by atoms with Gasteiger partial charge in [-0.05, 0) is 17.7 Å². The van der Waals surface area contributed by atoms with Crippen molar-refractivity contribution in [2.75, 3.05) is 5.32 Å². The van der Waals surface area contributed by atoms with E-state index >= 15 is 0 Å². The highest BCUT2D eigenvalue weighted by Gasteiger charge is 2.16. The molecule has 3 rings (SSSR count). The normalized spacial score (nSPS) is 11.7. The first-order valence-electron chi connectivity index (χ1n) is 7.43. The van der Waals surface area contributed by atoms with Crippen molar-refractivity contribution in [3.63, 3.8) is 0 Å². The summed E-state index contributed by atoms with van der Waals surface area (Å²) < 4.78 is 0. The molecule has 24 heavy (non-hydrogen) atoms. The fourth-order valence-corrected chi connectivity index (χ4v) is 2.63. The van der Waals surface area contributed by atoms with Gasteiger partial charge in [0.1, 0.15) is 12.2 Å². The predicted molar refractivity (Wildman–Crippen MR) is 91.3 cm³/mol. The smallest absolute Gasteiger partial charge is 0.221 e. The number of pyridine rings is 1. The van der Waals surface area contributed by atoms with Crippen LogP contribution in [0.3, 0.4) is 0 Å². The van der Waals surface area contributed by atoms with Crippen LogP contribution in [0.2, 0.25) is 0 Å². The van der Waals surface area contributed by atoms with Crippen molar-refractivity contribution in [3.05, 3.63) is 71.5 Å². The quantitative estimate of drug-likeness (QED) is 0.777. The maximum Gasteiger partial charge on any atom is 0.221 e. The summed E-state index contributed by atoms with van der Waals surface area (Å²) in [6, 6.07) is 16.4. The molecule has 1 unspecified atom stereocenters. The van der Waals surface area contributed by atoms with Crippen molar-refractivity contribution >= 4 is 22.4 Å². The number of amides is 1. The van der Waals surface area contributed by atoms with Crippen LogP contribution in [0, 0.1) is 11.3 Å². The molecule has 2 aromatic carbocycles. The molecule has 0 saturated heterocycles. The van der Waals surface area contributed by atoms with Gasteiger partial charge < -0.3 is 10.4 Å². The molecular weight excluding hydrogens is 302 g/mol. The minimum absolute atomic E-state index is 0.150. The maximum absolute atomic E-state index is 11.1. The fraction of sp³-hybridized carbons (Fsp3) is 0.105. The van der Waals surface area contributed by atoms with Gasteiger partial charge in [-0.15, -0.1) is 0 Å². The number of aliphatic hydroxyl groups excluding tert-OH is 1. The first-order valence-corrected chi connectivity index (χ1v) is 7.43. The molecule has 0 saturated carbocycles. The Balaban J connectivity index is 2.01. The van der Waals surface area contributed by atoms with E-state index in [1.165, 1.54) is 13.1 Å². The van der Waals surface area contributed by atoms with E-state index in [1.54, 1.807) is 24.3 Å². The van der Waals surface area contributed by atoms with Crippen molar-refractivity contribution < 1.29 is 9.90 Å². The maximum atomic E-state index is 11.1. The van der Waals surface area contributed by atoms with Crippen molar-refractivity contribution in [3.8, 4) is 6.07 Å². The largest absolute Gasteiger partial charge is 0.382 e. The van der Waals surface area contributed by atoms with Crippen molar-refractivity contribution in [1.82, 2.24) is 4.98 Å². The Bertz CT molecular complexity index is 943. The molecule has 118 valence electrons. The molecule has 3 aromatic rings. The number of hydrogen-bond acceptors (Lipinski definition) is 4. The topological polar surface area (TPSA) is 86.0 Å². The number of nitrogens with one attached hydrogen (secondary N) is 1. The van der Waals surface area contributed by atoms with Gasteiger partial charge in [0.25, 0.3) is 0 Å². The number of benzene rings is 2. The molecule has 1 amide bonds. The Kier molecular flexibility index (Phi) is 4.23. The van der Waals surface area contributed by atoms with Gasteiger partial charge >= 0.3 is 0 Å². The van der Waals surface area contributed by atoms with Gasteiger partial charge in [-0.25, -0.2) is 0 Å². The highest BCUT2D eigenvalue weighted by atomic mass is 16.3. The Labute approximate surface area is 139 Å². The summed E-state index contributed by atoms with van der Waals surface area (Å²) in [5.74, 6) is -0.150. The number of nitrogens with zero attached hydrogens (tertiary/aromatic N) is 2. The average Bonchev–Trinajstić information content (AvgIpc) is 2.60. The lowest BCUT2D eigenvalue weighted by molar-refractivity contribution is -0.114. The van der Waals surface area contributed by atoms with Crippen molar-refractivity contribution in [2.45, 2.75) is 13.0 Å². The van der Waals surface area contributed by atoms with E-state index in [4.69, 9.17) is 0 Å². The van der Waals surface area contributed by atoms with Crippen molar-refractivity contribution in [2.24, 2.45) is 0 Å². The minimum Gasteiger partial charge on any atom is -0.382 e. The van der Waals surface area contributed by atoms with E-state index in [-0.39, 0.29) is 5.91 Å². The number of carbonyl (C=O) groups is 1. The Morgan fingerprint density at radius 2 is 1.83 bits per heavy atom. The minimum atomic E-state index is -0.922. The number of carbonyl (C=O) groups excluding carboxylic acids is 1. The summed E-state index contributed by atoms with van der Waals surface area (Å²) in [5, 5.41) is 24.1. The fourth-order valence-electron chi connectivity index (χ4n) is 2.63. The number of anilines is 1. The highest BCUT2D eigenvalue weighted by molar-refractivity contribution is 5.90. The van der Waals surface area contributed by atoms with Crippen LogP contribution in [0.15, 0.2) is 54.7 Å². The van der Waals surface area contributed by atoms with Gasteiger partial charge in [0, 0.05) is 29.6 Å². The summed E-state index contributed by atoms with van der Waals surface area (Å²) >= 11 is 0. The molecule has 5 heteroatoms. The van der Waals surface area contributed by atoms with Crippen LogP contribution in [0.1, 0.15) is 29.8 Å². The molecular formula is C19H15N3O2. The highest BCUT2D eigenvalue weighted by Crippen LogP contribution is 2.29. The van der Waals surface area contributed by atoms with Crippen molar-refractivity contribution in [1.29, 1.82) is 5.26 Å². The van der Waals surface area contributed by atoms with Crippen LogP contribution in [0.5, 0.6) is 0 Å². The number of hydrogen-bond donors (Lipinski definition) is 2. The van der Waals surface area contributed by atoms with Gasteiger partial charge in [0.2, 0.25) is 5.91 Å². The summed E-state index contributed by atoms with van der Waals surface area (Å²) in [4.78, 5) is 15.3. The van der Waals surface area contributed by atoms with Gasteiger partial charge in [-0.3, -0.25) is 9.78 Å². The number of nitriles is 1. The molecule has 0 aliphatic heterocycles. The molecule has 0 bridgehead atoms. The first-order chi connectivity index (χ1) is 11.6.